The van der Waals surface area contributed by atoms with Gasteiger partial charge in [0.15, 0.2) is 11.6 Å². The zero-order chi connectivity index (χ0) is 23.4. The fourth-order valence-electron chi connectivity index (χ4n) is 3.49. The van der Waals surface area contributed by atoms with Crippen LogP contribution in [0.3, 0.4) is 0 Å². The van der Waals surface area contributed by atoms with E-state index in [-0.39, 0.29) is 11.7 Å². The predicted molar refractivity (Wildman–Crippen MR) is 122 cm³/mol. The number of ether oxygens (including phenoxy) is 1. The second-order valence-electron chi connectivity index (χ2n) is 7.51. The minimum Gasteiger partial charge on any atom is -0.481 e. The van der Waals surface area contributed by atoms with E-state index in [9.17, 15) is 14.3 Å². The first-order valence-corrected chi connectivity index (χ1v) is 10.5. The van der Waals surface area contributed by atoms with E-state index >= 15 is 0 Å². The van der Waals surface area contributed by atoms with Crippen LogP contribution < -0.4 is 15.8 Å². The maximum atomic E-state index is 14.7. The predicted octanol–water partition coefficient (Wildman–Crippen LogP) is 4.65. The number of carboxylic acid groups (broad SMARTS) is 1. The lowest BCUT2D eigenvalue weighted by Gasteiger charge is -2.12. The Bertz CT molecular complexity index is 1290. The summed E-state index contributed by atoms with van der Waals surface area (Å²) in [5.41, 5.74) is 7.51. The first-order chi connectivity index (χ1) is 15.9. The molecule has 0 aliphatic heterocycles. The van der Waals surface area contributed by atoms with E-state index in [1.54, 1.807) is 30.6 Å². The van der Waals surface area contributed by atoms with Gasteiger partial charge in [-0.3, -0.25) is 4.79 Å². The lowest BCUT2D eigenvalue weighted by Crippen LogP contribution is -2.14. The van der Waals surface area contributed by atoms with Crippen LogP contribution in [0.4, 0.5) is 21.8 Å². The molecule has 4 aromatic rings. The van der Waals surface area contributed by atoms with Gasteiger partial charge in [0.25, 0.3) is 0 Å². The Morgan fingerprint density at radius 1 is 1.24 bits per heavy atom. The number of hydrogen-bond donors (Lipinski definition) is 4. The number of carboxylic acids is 1. The third-order valence-corrected chi connectivity index (χ3v) is 5.23. The quantitative estimate of drug-likeness (QED) is 0.289. The molecule has 10 heteroatoms. The van der Waals surface area contributed by atoms with Gasteiger partial charge in [0.05, 0.1) is 11.3 Å². The Hall–Kier alpha value is -4.21. The van der Waals surface area contributed by atoms with Crippen LogP contribution in [0.25, 0.3) is 11.0 Å². The molecule has 3 aromatic heterocycles. The Labute approximate surface area is 188 Å². The molecular weight excluding hydrogens is 427 g/mol. The van der Waals surface area contributed by atoms with Crippen LogP contribution >= 0.6 is 0 Å². The standard InChI is InChI=1S/C23H23FN6O3/c1-2-13(22(31)32)3-4-15-12-20(30-23(25)29-15)28-14-5-6-19(17(24)11-14)33-18-8-10-27-21-16(18)7-9-26-21/h5-13H,2-4H2,1H3,(H,26,27)(H,31,32)(H3,25,28,29,30). The summed E-state index contributed by atoms with van der Waals surface area (Å²) >= 11 is 0. The summed E-state index contributed by atoms with van der Waals surface area (Å²) in [6, 6.07) is 9.61. The Morgan fingerprint density at radius 2 is 2.09 bits per heavy atom. The van der Waals surface area contributed by atoms with Gasteiger partial charge in [-0.25, -0.2) is 14.4 Å². The molecule has 4 rings (SSSR count). The number of aromatic nitrogens is 4. The van der Waals surface area contributed by atoms with Crippen molar-refractivity contribution in [3.05, 3.63) is 60.3 Å². The topological polar surface area (TPSA) is 139 Å². The van der Waals surface area contributed by atoms with Crippen LogP contribution in [0, 0.1) is 11.7 Å². The Balaban J connectivity index is 1.48. The molecule has 0 amide bonds. The first-order valence-electron chi connectivity index (χ1n) is 10.5. The third-order valence-electron chi connectivity index (χ3n) is 5.23. The minimum atomic E-state index is -0.834. The van der Waals surface area contributed by atoms with E-state index < -0.39 is 17.7 Å². The number of fused-ring (bicyclic) bond motifs is 1. The summed E-state index contributed by atoms with van der Waals surface area (Å²) < 4.78 is 20.5. The van der Waals surface area contributed by atoms with Crippen molar-refractivity contribution in [2.75, 3.05) is 11.1 Å². The molecule has 0 saturated carbocycles. The van der Waals surface area contributed by atoms with Crippen LogP contribution in [0.2, 0.25) is 0 Å². The minimum absolute atomic E-state index is 0.0482. The van der Waals surface area contributed by atoms with Crippen LogP contribution in [0.5, 0.6) is 11.5 Å². The van der Waals surface area contributed by atoms with Crippen LogP contribution in [0.1, 0.15) is 25.5 Å². The number of carbonyl (C=O) groups is 1. The van der Waals surface area contributed by atoms with Crippen molar-refractivity contribution < 1.29 is 19.0 Å². The van der Waals surface area contributed by atoms with Crippen molar-refractivity contribution in [1.82, 2.24) is 19.9 Å². The second-order valence-corrected chi connectivity index (χ2v) is 7.51. The summed E-state index contributed by atoms with van der Waals surface area (Å²) in [5.74, 6) is -0.858. The van der Waals surface area contributed by atoms with Gasteiger partial charge >= 0.3 is 5.97 Å². The number of nitrogens with two attached hydrogens (primary N) is 1. The molecule has 0 saturated heterocycles. The van der Waals surface area contributed by atoms with E-state index in [2.05, 4.69) is 25.3 Å². The van der Waals surface area contributed by atoms with Crippen molar-refractivity contribution in [3.8, 4) is 11.5 Å². The summed E-state index contributed by atoms with van der Waals surface area (Å²) in [7, 11) is 0. The number of benzene rings is 1. The highest BCUT2D eigenvalue weighted by Gasteiger charge is 2.16. The number of hydrogen-bond acceptors (Lipinski definition) is 7. The number of nitrogens with zero attached hydrogens (tertiary/aromatic N) is 3. The zero-order valence-corrected chi connectivity index (χ0v) is 17.9. The molecule has 0 fully saturated rings. The van der Waals surface area contributed by atoms with Crippen LogP contribution in [-0.4, -0.2) is 31.0 Å². The second kappa shape index (κ2) is 9.51. The molecule has 5 N–H and O–H groups in total. The van der Waals surface area contributed by atoms with E-state index in [0.717, 1.165) is 5.39 Å². The number of nitrogens with one attached hydrogen (secondary N) is 2. The van der Waals surface area contributed by atoms with Crippen molar-refractivity contribution in [1.29, 1.82) is 0 Å². The lowest BCUT2D eigenvalue weighted by molar-refractivity contribution is -0.142. The first kappa shape index (κ1) is 22.0. The molecule has 33 heavy (non-hydrogen) atoms. The van der Waals surface area contributed by atoms with Gasteiger partial charge in [-0.15, -0.1) is 0 Å². The molecule has 0 spiro atoms. The van der Waals surface area contributed by atoms with E-state index in [1.807, 2.05) is 13.0 Å². The smallest absolute Gasteiger partial charge is 0.306 e. The number of halogens is 1. The zero-order valence-electron chi connectivity index (χ0n) is 17.9. The fraction of sp³-hybridized carbons (Fsp3) is 0.217. The van der Waals surface area contributed by atoms with E-state index in [1.165, 1.54) is 12.1 Å². The highest BCUT2D eigenvalue weighted by Crippen LogP contribution is 2.31. The molecule has 3 heterocycles. The number of pyridine rings is 1. The summed E-state index contributed by atoms with van der Waals surface area (Å²) in [6.45, 7) is 1.83. The van der Waals surface area contributed by atoms with Gasteiger partial charge in [-0.2, -0.15) is 4.98 Å². The number of H-pyrrole nitrogens is 1. The van der Waals surface area contributed by atoms with Crippen molar-refractivity contribution in [2.24, 2.45) is 5.92 Å². The molecule has 0 aliphatic rings. The molecule has 0 radical (unpaired) electrons. The van der Waals surface area contributed by atoms with Gasteiger partial charge in [0.1, 0.15) is 17.2 Å². The Morgan fingerprint density at radius 3 is 2.85 bits per heavy atom. The number of nitrogen functional groups attached to an aromatic ring is 1. The maximum absolute atomic E-state index is 14.7. The molecule has 1 atom stereocenters. The number of aromatic amines is 1. The SMILES string of the molecule is CCC(CCc1cc(Nc2ccc(Oc3ccnc4[nH]ccc34)c(F)c2)nc(N)n1)C(=O)O. The highest BCUT2D eigenvalue weighted by atomic mass is 19.1. The van der Waals surface area contributed by atoms with Gasteiger partial charge in [0.2, 0.25) is 5.95 Å². The average molecular weight is 450 g/mol. The number of anilines is 3. The van der Waals surface area contributed by atoms with E-state index in [4.69, 9.17) is 10.5 Å². The molecule has 9 nitrogen and oxygen atoms in total. The molecule has 170 valence electrons. The van der Waals surface area contributed by atoms with Crippen LogP contribution in [0.15, 0.2) is 48.8 Å². The fourth-order valence-corrected chi connectivity index (χ4v) is 3.49. The van der Waals surface area contributed by atoms with Crippen molar-refractivity contribution >= 4 is 34.5 Å². The number of rotatable bonds is 9. The highest BCUT2D eigenvalue weighted by molar-refractivity contribution is 5.82. The molecule has 0 aliphatic carbocycles. The third kappa shape index (κ3) is 5.17. The van der Waals surface area contributed by atoms with Gasteiger partial charge in [-0.05, 0) is 43.5 Å². The van der Waals surface area contributed by atoms with Crippen molar-refractivity contribution in [2.45, 2.75) is 26.2 Å². The summed E-state index contributed by atoms with van der Waals surface area (Å²) in [6.07, 6.45) is 4.72. The number of aliphatic carboxylic acids is 1. The summed E-state index contributed by atoms with van der Waals surface area (Å²) in [4.78, 5) is 26.7. The maximum Gasteiger partial charge on any atom is 0.306 e. The number of aryl methyl sites for hydroxylation is 1. The lowest BCUT2D eigenvalue weighted by atomic mass is 9.99. The normalized spacial score (nSPS) is 11.9. The van der Waals surface area contributed by atoms with Crippen LogP contribution in [-0.2, 0) is 11.2 Å². The molecule has 1 aromatic carbocycles. The monoisotopic (exact) mass is 450 g/mol. The molecule has 0 bridgehead atoms. The molecular formula is C23H23FN6O3. The van der Waals surface area contributed by atoms with Gasteiger partial charge < -0.3 is 25.9 Å². The van der Waals surface area contributed by atoms with Crippen molar-refractivity contribution in [3.63, 3.8) is 0 Å². The Kier molecular flexibility index (Phi) is 6.34. The average Bonchev–Trinajstić information content (AvgIpc) is 3.25. The largest absolute Gasteiger partial charge is 0.481 e. The van der Waals surface area contributed by atoms with Gasteiger partial charge in [0, 0.05) is 35.9 Å². The molecule has 1 unspecified atom stereocenters. The van der Waals surface area contributed by atoms with Gasteiger partial charge in [-0.1, -0.05) is 6.92 Å². The van der Waals surface area contributed by atoms with E-state index in [0.29, 0.717) is 47.9 Å². The summed E-state index contributed by atoms with van der Waals surface area (Å²) in [5, 5.41) is 13.0.